The minimum absolute atomic E-state index is 0.551. The summed E-state index contributed by atoms with van der Waals surface area (Å²) in [6.07, 6.45) is 6.62. The first kappa shape index (κ1) is 16.0. The zero-order chi connectivity index (χ0) is 17.2. The molecule has 0 aromatic carbocycles. The molecule has 0 amide bonds. The minimum Gasteiger partial charge on any atom is -0.370 e. The Balaban J connectivity index is 1.50. The van der Waals surface area contributed by atoms with Gasteiger partial charge in [-0.05, 0) is 18.8 Å². The van der Waals surface area contributed by atoms with Crippen molar-refractivity contribution in [3.63, 3.8) is 0 Å². The number of rotatable bonds is 6. The molecule has 0 spiro atoms. The van der Waals surface area contributed by atoms with Gasteiger partial charge in [-0.15, -0.1) is 10.2 Å². The maximum absolute atomic E-state index is 4.55. The Bertz CT molecular complexity index is 851. The van der Waals surface area contributed by atoms with Gasteiger partial charge in [-0.1, -0.05) is 20.3 Å². The van der Waals surface area contributed by atoms with E-state index in [4.69, 9.17) is 0 Å². The van der Waals surface area contributed by atoms with Gasteiger partial charge in [-0.3, -0.25) is 0 Å². The van der Waals surface area contributed by atoms with Gasteiger partial charge in [0, 0.05) is 37.7 Å². The molecule has 0 radical (unpaired) electrons. The van der Waals surface area contributed by atoms with Crippen molar-refractivity contribution in [3.8, 4) is 0 Å². The highest BCUT2D eigenvalue weighted by atomic mass is 15.4. The third-order valence-corrected chi connectivity index (χ3v) is 4.82. The van der Waals surface area contributed by atoms with Gasteiger partial charge >= 0.3 is 0 Å². The lowest BCUT2D eigenvalue weighted by Crippen LogP contribution is -2.27. The molecule has 0 aliphatic carbocycles. The van der Waals surface area contributed by atoms with Crippen LogP contribution in [0.25, 0.3) is 5.78 Å². The number of nitrogens with zero attached hydrogens (tertiary/aromatic N) is 7. The Hall–Kier alpha value is -2.51. The Kier molecular flexibility index (Phi) is 4.33. The van der Waals surface area contributed by atoms with Crippen LogP contribution in [0, 0.1) is 5.92 Å². The van der Waals surface area contributed by atoms with Crippen LogP contribution in [0.3, 0.4) is 0 Å². The summed E-state index contributed by atoms with van der Waals surface area (Å²) in [5.41, 5.74) is 1.06. The molecule has 0 saturated carbocycles. The second-order valence-corrected chi connectivity index (χ2v) is 6.64. The van der Waals surface area contributed by atoms with E-state index in [0.717, 1.165) is 68.4 Å². The Morgan fingerprint density at radius 1 is 1.28 bits per heavy atom. The smallest absolute Gasteiger partial charge is 0.254 e. The van der Waals surface area contributed by atoms with E-state index in [9.17, 15) is 0 Å². The fraction of sp³-hybridized carbons (Fsp3) is 0.588. The van der Waals surface area contributed by atoms with E-state index >= 15 is 0 Å². The molecule has 4 heterocycles. The van der Waals surface area contributed by atoms with E-state index in [1.54, 1.807) is 10.8 Å². The monoisotopic (exact) mass is 340 g/mol. The van der Waals surface area contributed by atoms with Crippen LogP contribution in [0.4, 0.5) is 5.82 Å². The molecule has 8 heteroatoms. The summed E-state index contributed by atoms with van der Waals surface area (Å²) >= 11 is 0. The summed E-state index contributed by atoms with van der Waals surface area (Å²) in [6, 6.07) is 2.09. The lowest BCUT2D eigenvalue weighted by Gasteiger charge is -2.25. The lowest BCUT2D eigenvalue weighted by molar-refractivity contribution is 0.374. The molecule has 1 atom stereocenters. The summed E-state index contributed by atoms with van der Waals surface area (Å²) in [5, 5.41) is 16.5. The van der Waals surface area contributed by atoms with E-state index in [-0.39, 0.29) is 0 Å². The number of aromatic nitrogens is 7. The second-order valence-electron chi connectivity index (χ2n) is 6.64. The van der Waals surface area contributed by atoms with Crippen molar-refractivity contribution in [2.24, 2.45) is 5.92 Å². The summed E-state index contributed by atoms with van der Waals surface area (Å²) in [7, 11) is 0. The topological polar surface area (TPSA) is 85.8 Å². The highest BCUT2D eigenvalue weighted by molar-refractivity contribution is 5.45. The number of anilines is 1. The molecule has 1 aliphatic heterocycles. The fourth-order valence-electron chi connectivity index (χ4n) is 3.50. The van der Waals surface area contributed by atoms with E-state index < -0.39 is 0 Å². The highest BCUT2D eigenvalue weighted by Crippen LogP contribution is 2.21. The SMILES string of the molecule is CCCc1cc(NCC2CCc3nnc(CC)n3C2)n2ncnc2n1. The molecule has 1 unspecified atom stereocenters. The Morgan fingerprint density at radius 2 is 2.20 bits per heavy atom. The van der Waals surface area contributed by atoms with Gasteiger partial charge in [-0.2, -0.15) is 14.6 Å². The molecule has 132 valence electrons. The maximum atomic E-state index is 4.55. The largest absolute Gasteiger partial charge is 0.370 e. The Morgan fingerprint density at radius 3 is 3.04 bits per heavy atom. The standard InChI is InChI=1S/C17H24N8/c1-3-5-13-8-16(25-17(21-13)19-11-20-25)18-9-12-6-7-15-23-22-14(4-2)24(15)10-12/h8,11-12,18H,3-7,9-10H2,1-2H3. The van der Waals surface area contributed by atoms with Gasteiger partial charge in [-0.25, -0.2) is 4.98 Å². The van der Waals surface area contributed by atoms with Crippen molar-refractivity contribution in [1.29, 1.82) is 0 Å². The van der Waals surface area contributed by atoms with Crippen molar-refractivity contribution in [2.75, 3.05) is 11.9 Å². The molecule has 4 rings (SSSR count). The molecule has 0 fully saturated rings. The molecule has 8 nitrogen and oxygen atoms in total. The molecule has 1 N–H and O–H groups in total. The van der Waals surface area contributed by atoms with Crippen molar-refractivity contribution in [3.05, 3.63) is 29.7 Å². The molecule has 3 aromatic rings. The first-order chi connectivity index (χ1) is 12.3. The van der Waals surface area contributed by atoms with Crippen LogP contribution in [-0.2, 0) is 25.8 Å². The van der Waals surface area contributed by atoms with Gasteiger partial charge in [0.05, 0.1) is 0 Å². The molecule has 0 saturated heterocycles. The molecule has 25 heavy (non-hydrogen) atoms. The Labute approximate surface area is 146 Å². The second kappa shape index (κ2) is 6.78. The van der Waals surface area contributed by atoms with Crippen molar-refractivity contribution >= 4 is 11.6 Å². The normalized spacial score (nSPS) is 17.0. The number of nitrogens with one attached hydrogen (secondary N) is 1. The summed E-state index contributed by atoms with van der Waals surface area (Å²) in [4.78, 5) is 8.80. The van der Waals surface area contributed by atoms with E-state index in [1.165, 1.54) is 0 Å². The first-order valence-electron chi connectivity index (χ1n) is 9.13. The third-order valence-electron chi connectivity index (χ3n) is 4.82. The predicted molar refractivity (Wildman–Crippen MR) is 94.5 cm³/mol. The van der Waals surface area contributed by atoms with Crippen LogP contribution in [0.1, 0.15) is 44.0 Å². The molecular weight excluding hydrogens is 316 g/mol. The van der Waals surface area contributed by atoms with Crippen LogP contribution in [0.5, 0.6) is 0 Å². The van der Waals surface area contributed by atoms with Crippen molar-refractivity contribution in [2.45, 2.75) is 52.5 Å². The van der Waals surface area contributed by atoms with Crippen LogP contribution >= 0.6 is 0 Å². The van der Waals surface area contributed by atoms with Crippen LogP contribution in [-0.4, -0.2) is 40.9 Å². The zero-order valence-electron chi connectivity index (χ0n) is 14.8. The van der Waals surface area contributed by atoms with Crippen molar-refractivity contribution in [1.82, 2.24) is 34.3 Å². The van der Waals surface area contributed by atoms with Gasteiger partial charge < -0.3 is 9.88 Å². The number of aryl methyl sites for hydroxylation is 3. The number of hydrogen-bond acceptors (Lipinski definition) is 6. The van der Waals surface area contributed by atoms with Gasteiger partial charge in [0.1, 0.15) is 23.8 Å². The highest BCUT2D eigenvalue weighted by Gasteiger charge is 2.22. The quantitative estimate of drug-likeness (QED) is 0.738. The fourth-order valence-corrected chi connectivity index (χ4v) is 3.50. The average molecular weight is 340 g/mol. The molecule has 0 bridgehead atoms. The van der Waals surface area contributed by atoms with Crippen molar-refractivity contribution < 1.29 is 0 Å². The summed E-state index contributed by atoms with van der Waals surface area (Å²) in [5.74, 6) is 4.39. The van der Waals surface area contributed by atoms with Gasteiger partial charge in [0.25, 0.3) is 5.78 Å². The van der Waals surface area contributed by atoms with Gasteiger partial charge in [0.15, 0.2) is 0 Å². The lowest BCUT2D eigenvalue weighted by atomic mass is 9.99. The first-order valence-corrected chi connectivity index (χ1v) is 9.13. The molecular formula is C17H24N8. The average Bonchev–Trinajstić information content (AvgIpc) is 3.26. The van der Waals surface area contributed by atoms with E-state index in [0.29, 0.717) is 11.7 Å². The molecule has 3 aromatic heterocycles. The third kappa shape index (κ3) is 3.08. The van der Waals surface area contributed by atoms with Crippen LogP contribution in [0.15, 0.2) is 12.4 Å². The van der Waals surface area contributed by atoms with Crippen LogP contribution in [0.2, 0.25) is 0 Å². The molecule has 1 aliphatic rings. The minimum atomic E-state index is 0.551. The predicted octanol–water partition coefficient (Wildman–Crippen LogP) is 1.91. The number of hydrogen-bond donors (Lipinski definition) is 1. The van der Waals surface area contributed by atoms with E-state index in [1.807, 2.05) is 0 Å². The summed E-state index contributed by atoms with van der Waals surface area (Å²) in [6.45, 7) is 6.16. The van der Waals surface area contributed by atoms with Gasteiger partial charge in [0.2, 0.25) is 0 Å². The van der Waals surface area contributed by atoms with E-state index in [2.05, 4.69) is 55.1 Å². The maximum Gasteiger partial charge on any atom is 0.254 e. The summed E-state index contributed by atoms with van der Waals surface area (Å²) < 4.78 is 4.07. The zero-order valence-corrected chi connectivity index (χ0v) is 14.8. The van der Waals surface area contributed by atoms with Crippen LogP contribution < -0.4 is 5.32 Å². The number of fused-ring (bicyclic) bond motifs is 2.